The largest absolute Gasteiger partial charge is 0.494 e. The van der Waals surface area contributed by atoms with Crippen molar-refractivity contribution in [3.63, 3.8) is 0 Å². The fraction of sp³-hybridized carbons (Fsp3) is 0.105. The normalized spacial score (nSPS) is 11.2. The Hall–Kier alpha value is -3.41. The number of aromatic nitrogens is 1. The van der Waals surface area contributed by atoms with E-state index in [1.165, 1.54) is 10.6 Å². The number of hydrogen-bond donors (Lipinski definition) is 2. The van der Waals surface area contributed by atoms with Crippen molar-refractivity contribution in [2.75, 3.05) is 0 Å². The number of hydrogen-bond acceptors (Lipinski definition) is 4. The van der Waals surface area contributed by atoms with E-state index in [-0.39, 0.29) is 11.8 Å². The van der Waals surface area contributed by atoms with Crippen LogP contribution in [0, 0.1) is 11.8 Å². The molecule has 0 spiro atoms. The molecule has 1 amide bonds. The van der Waals surface area contributed by atoms with Crippen LogP contribution in [0.5, 0.6) is 11.8 Å². The van der Waals surface area contributed by atoms with Crippen LogP contribution in [0.25, 0.3) is 16.8 Å². The number of nitrogens with zero attached hydrogens (tertiary/aromatic N) is 2. The quantitative estimate of drug-likeness (QED) is 0.561. The number of aryl methyl sites for hydroxylation is 1. The highest BCUT2D eigenvalue weighted by Crippen LogP contribution is 2.37. The van der Waals surface area contributed by atoms with Gasteiger partial charge in [-0.05, 0) is 36.3 Å². The van der Waals surface area contributed by atoms with Crippen LogP contribution in [0.1, 0.15) is 16.7 Å². The van der Waals surface area contributed by atoms with Gasteiger partial charge in [-0.3, -0.25) is 9.36 Å². The third-order valence-corrected chi connectivity index (χ3v) is 4.01. The first-order valence-electron chi connectivity index (χ1n) is 7.64. The first kappa shape index (κ1) is 16.4. The number of carbonyl (C=O) groups is 1. The van der Waals surface area contributed by atoms with E-state index in [0.29, 0.717) is 22.9 Å². The highest BCUT2D eigenvalue weighted by atomic mass is 16.3. The molecule has 6 nitrogen and oxygen atoms in total. The fourth-order valence-electron chi connectivity index (χ4n) is 2.66. The van der Waals surface area contributed by atoms with Gasteiger partial charge < -0.3 is 10.2 Å². The van der Waals surface area contributed by atoms with Crippen LogP contribution in [0.2, 0.25) is 0 Å². The van der Waals surface area contributed by atoms with Gasteiger partial charge in [-0.15, -0.1) is 4.91 Å². The van der Waals surface area contributed by atoms with Crippen LogP contribution < -0.4 is 0 Å². The summed E-state index contributed by atoms with van der Waals surface area (Å²) in [6.45, 7) is 2.31. The summed E-state index contributed by atoms with van der Waals surface area (Å²) in [6, 6.07) is 12.8. The standard InChI is InChI=1S/C19H16N2O4/c1-12-2-4-14(5-3-12)11-21-18(23)15-8-6-13(7-9-17(22)20-25)10-16(15)19(21)24/h2-10,23-24H,11H2,1H3/b9-7+. The molecule has 0 bridgehead atoms. The van der Waals surface area contributed by atoms with Crippen molar-refractivity contribution in [3.8, 4) is 11.8 Å². The lowest BCUT2D eigenvalue weighted by molar-refractivity contribution is -0.113. The van der Waals surface area contributed by atoms with E-state index in [1.54, 1.807) is 18.2 Å². The molecule has 2 aromatic carbocycles. The Morgan fingerprint density at radius 3 is 2.44 bits per heavy atom. The van der Waals surface area contributed by atoms with Crippen molar-refractivity contribution in [2.45, 2.75) is 13.5 Å². The van der Waals surface area contributed by atoms with E-state index < -0.39 is 5.91 Å². The number of amides is 1. The van der Waals surface area contributed by atoms with Crippen LogP contribution in [0.4, 0.5) is 0 Å². The van der Waals surface area contributed by atoms with Gasteiger partial charge in [-0.25, -0.2) is 0 Å². The monoisotopic (exact) mass is 336 g/mol. The van der Waals surface area contributed by atoms with Crippen molar-refractivity contribution < 1.29 is 15.0 Å². The fourth-order valence-corrected chi connectivity index (χ4v) is 2.66. The number of nitroso groups, excluding NO2 is 1. The van der Waals surface area contributed by atoms with Gasteiger partial charge in [0.15, 0.2) is 0 Å². The van der Waals surface area contributed by atoms with E-state index in [9.17, 15) is 19.9 Å². The Morgan fingerprint density at radius 1 is 1.08 bits per heavy atom. The molecule has 0 aliphatic carbocycles. The van der Waals surface area contributed by atoms with Crippen LogP contribution in [-0.2, 0) is 11.3 Å². The maximum Gasteiger partial charge on any atom is 0.309 e. The van der Waals surface area contributed by atoms with Gasteiger partial charge in [-0.2, -0.15) is 0 Å². The molecule has 0 radical (unpaired) electrons. The van der Waals surface area contributed by atoms with Gasteiger partial charge in [0.1, 0.15) is 0 Å². The molecule has 6 heteroatoms. The molecule has 0 fully saturated rings. The van der Waals surface area contributed by atoms with Crippen molar-refractivity contribution in [2.24, 2.45) is 5.18 Å². The predicted molar refractivity (Wildman–Crippen MR) is 95.4 cm³/mol. The average molecular weight is 336 g/mol. The third-order valence-electron chi connectivity index (χ3n) is 4.01. The first-order valence-corrected chi connectivity index (χ1v) is 7.64. The van der Waals surface area contributed by atoms with E-state index in [4.69, 9.17) is 0 Å². The molecule has 0 aliphatic heterocycles. The number of aromatic hydroxyl groups is 2. The Balaban J connectivity index is 2.00. The summed E-state index contributed by atoms with van der Waals surface area (Å²) >= 11 is 0. The molecule has 25 heavy (non-hydrogen) atoms. The summed E-state index contributed by atoms with van der Waals surface area (Å²) in [5, 5.41) is 24.1. The zero-order valence-electron chi connectivity index (χ0n) is 13.5. The molecule has 0 saturated heterocycles. The van der Waals surface area contributed by atoms with Crippen molar-refractivity contribution in [1.82, 2.24) is 4.57 Å². The zero-order chi connectivity index (χ0) is 18.0. The lowest BCUT2D eigenvalue weighted by atomic mass is 10.1. The number of rotatable bonds is 4. The summed E-state index contributed by atoms with van der Waals surface area (Å²) in [5.41, 5.74) is 2.68. The number of carbonyl (C=O) groups excluding carboxylic acids is 1. The van der Waals surface area contributed by atoms with Gasteiger partial charge in [0, 0.05) is 22.0 Å². The lowest BCUT2D eigenvalue weighted by Crippen LogP contribution is -1.98. The van der Waals surface area contributed by atoms with Crippen molar-refractivity contribution in [3.05, 3.63) is 70.1 Å². The molecule has 3 rings (SSSR count). The van der Waals surface area contributed by atoms with Crippen molar-refractivity contribution >= 4 is 22.8 Å². The Labute approximate surface area is 143 Å². The SMILES string of the molecule is Cc1ccc(Cn2c(O)c3ccc(/C=C/C(=O)N=O)cc3c2O)cc1. The smallest absolute Gasteiger partial charge is 0.309 e. The highest BCUT2D eigenvalue weighted by molar-refractivity contribution is 5.96. The second-order valence-corrected chi connectivity index (χ2v) is 5.79. The van der Waals surface area contributed by atoms with Crippen LogP contribution in [0.3, 0.4) is 0 Å². The third kappa shape index (κ3) is 3.28. The average Bonchev–Trinajstić information content (AvgIpc) is 2.86. The Bertz CT molecular complexity index is 985. The molecule has 1 aromatic heterocycles. The molecule has 1 heterocycles. The maximum absolute atomic E-state index is 10.9. The molecule has 2 N–H and O–H groups in total. The zero-order valence-corrected chi connectivity index (χ0v) is 13.5. The minimum atomic E-state index is -0.885. The van der Waals surface area contributed by atoms with Crippen LogP contribution >= 0.6 is 0 Å². The summed E-state index contributed by atoms with van der Waals surface area (Å²) in [4.78, 5) is 21.0. The molecular formula is C19H16N2O4. The van der Waals surface area contributed by atoms with Gasteiger partial charge in [0.05, 0.1) is 6.54 Å². The molecule has 0 aliphatic rings. The van der Waals surface area contributed by atoms with Gasteiger partial charge in [-0.1, -0.05) is 35.9 Å². The highest BCUT2D eigenvalue weighted by Gasteiger charge is 2.16. The molecule has 126 valence electrons. The van der Waals surface area contributed by atoms with E-state index in [1.807, 2.05) is 31.2 Å². The Kier molecular flexibility index (Phi) is 4.35. The van der Waals surface area contributed by atoms with Crippen LogP contribution in [0.15, 0.2) is 53.7 Å². The molecule has 0 atom stereocenters. The number of benzene rings is 2. The molecular weight excluding hydrogens is 320 g/mol. The van der Waals surface area contributed by atoms with E-state index >= 15 is 0 Å². The topological polar surface area (TPSA) is 91.9 Å². The first-order chi connectivity index (χ1) is 12.0. The predicted octanol–water partition coefficient (Wildman–Crippen LogP) is 3.72. The van der Waals surface area contributed by atoms with Gasteiger partial charge in [0.2, 0.25) is 11.8 Å². The summed E-state index contributed by atoms with van der Waals surface area (Å²) in [5.74, 6) is -0.985. The second kappa shape index (κ2) is 6.60. The van der Waals surface area contributed by atoms with Gasteiger partial charge >= 0.3 is 5.91 Å². The van der Waals surface area contributed by atoms with Gasteiger partial charge in [0.25, 0.3) is 0 Å². The van der Waals surface area contributed by atoms with Crippen molar-refractivity contribution in [1.29, 1.82) is 0 Å². The summed E-state index contributed by atoms with van der Waals surface area (Å²) < 4.78 is 1.42. The summed E-state index contributed by atoms with van der Waals surface area (Å²) in [7, 11) is 0. The minimum Gasteiger partial charge on any atom is -0.494 e. The summed E-state index contributed by atoms with van der Waals surface area (Å²) in [6.07, 6.45) is 2.48. The maximum atomic E-state index is 10.9. The van der Waals surface area contributed by atoms with E-state index in [0.717, 1.165) is 17.2 Å². The second-order valence-electron chi connectivity index (χ2n) is 5.79. The Morgan fingerprint density at radius 2 is 1.76 bits per heavy atom. The minimum absolute atomic E-state index is 0.0331. The van der Waals surface area contributed by atoms with Crippen LogP contribution in [-0.4, -0.2) is 20.7 Å². The molecule has 0 saturated carbocycles. The number of fused-ring (bicyclic) bond motifs is 1. The molecule has 3 aromatic rings. The molecule has 0 unspecified atom stereocenters. The van der Waals surface area contributed by atoms with E-state index in [2.05, 4.69) is 5.18 Å². The lowest BCUT2D eigenvalue weighted by Gasteiger charge is -2.07.